The van der Waals surface area contributed by atoms with E-state index in [0.29, 0.717) is 11.8 Å². The lowest BCUT2D eigenvalue weighted by Gasteiger charge is -2.41. The lowest BCUT2D eigenvalue weighted by molar-refractivity contribution is 0.0506. The van der Waals surface area contributed by atoms with E-state index in [2.05, 4.69) is 39.5 Å². The van der Waals surface area contributed by atoms with Gasteiger partial charge in [0.25, 0.3) is 0 Å². The maximum absolute atomic E-state index is 6.15. The molecule has 0 bridgehead atoms. The average molecular weight is 331 g/mol. The van der Waals surface area contributed by atoms with Crippen LogP contribution in [-0.4, -0.2) is 34.9 Å². The number of halogens is 1. The standard InChI is InChI=1S/C17H19ClN4O/c1-17-8-13(23-10-12-5-3-2-4-6-12)9-22(17)14-7-15(18)20-21-16(14)19-11-17/h2-7,13H,8-11H2,1H3,(H,19,21). The minimum atomic E-state index is 0.0146. The van der Waals surface area contributed by atoms with Gasteiger partial charge < -0.3 is 15.0 Å². The Morgan fingerprint density at radius 2 is 2.17 bits per heavy atom. The SMILES string of the molecule is CC12CNc3nnc(Cl)cc3N1CC(OCc1ccccc1)C2. The molecule has 0 saturated carbocycles. The van der Waals surface area contributed by atoms with Crippen molar-refractivity contribution >= 4 is 23.1 Å². The van der Waals surface area contributed by atoms with Crippen molar-refractivity contribution in [1.29, 1.82) is 0 Å². The number of nitrogens with zero attached hydrogens (tertiary/aromatic N) is 3. The number of hydrogen-bond donors (Lipinski definition) is 1. The van der Waals surface area contributed by atoms with Crippen LogP contribution in [0.15, 0.2) is 36.4 Å². The first-order valence-electron chi connectivity index (χ1n) is 7.84. The Morgan fingerprint density at radius 1 is 1.35 bits per heavy atom. The Balaban J connectivity index is 1.51. The quantitative estimate of drug-likeness (QED) is 0.937. The van der Waals surface area contributed by atoms with E-state index in [1.54, 1.807) is 0 Å². The second kappa shape index (κ2) is 5.65. The average Bonchev–Trinajstić information content (AvgIpc) is 2.91. The van der Waals surface area contributed by atoms with Crippen molar-refractivity contribution in [2.75, 3.05) is 23.3 Å². The minimum absolute atomic E-state index is 0.0146. The van der Waals surface area contributed by atoms with Gasteiger partial charge in [0.1, 0.15) is 0 Å². The Morgan fingerprint density at radius 3 is 3.00 bits per heavy atom. The van der Waals surface area contributed by atoms with Crippen LogP contribution in [0.3, 0.4) is 0 Å². The van der Waals surface area contributed by atoms with Gasteiger partial charge in [-0.15, -0.1) is 10.2 Å². The molecule has 120 valence electrons. The van der Waals surface area contributed by atoms with Gasteiger partial charge in [0.15, 0.2) is 11.0 Å². The van der Waals surface area contributed by atoms with Crippen LogP contribution in [0.2, 0.25) is 5.15 Å². The molecule has 1 fully saturated rings. The van der Waals surface area contributed by atoms with Gasteiger partial charge in [0.05, 0.1) is 23.9 Å². The number of rotatable bonds is 3. The van der Waals surface area contributed by atoms with Gasteiger partial charge in [-0.1, -0.05) is 41.9 Å². The summed E-state index contributed by atoms with van der Waals surface area (Å²) in [4.78, 5) is 2.36. The molecule has 1 saturated heterocycles. The van der Waals surface area contributed by atoms with Crippen molar-refractivity contribution in [3.05, 3.63) is 47.1 Å². The van der Waals surface area contributed by atoms with E-state index in [9.17, 15) is 0 Å². The van der Waals surface area contributed by atoms with Crippen LogP contribution >= 0.6 is 11.6 Å². The molecule has 2 aliphatic rings. The predicted molar refractivity (Wildman–Crippen MR) is 90.9 cm³/mol. The summed E-state index contributed by atoms with van der Waals surface area (Å²) in [6, 6.07) is 12.2. The smallest absolute Gasteiger partial charge is 0.172 e. The van der Waals surface area contributed by atoms with Crippen molar-refractivity contribution in [2.45, 2.75) is 31.6 Å². The molecular formula is C17H19ClN4O. The highest BCUT2D eigenvalue weighted by Gasteiger charge is 2.46. The molecule has 1 N–H and O–H groups in total. The minimum Gasteiger partial charge on any atom is -0.372 e. The Hall–Kier alpha value is -1.85. The van der Waals surface area contributed by atoms with Crippen molar-refractivity contribution in [3.8, 4) is 0 Å². The van der Waals surface area contributed by atoms with Crippen LogP contribution in [0.5, 0.6) is 0 Å². The molecule has 1 aromatic carbocycles. The van der Waals surface area contributed by atoms with Gasteiger partial charge in [-0.2, -0.15) is 0 Å². The second-order valence-electron chi connectivity index (χ2n) is 6.48. The summed E-state index contributed by atoms with van der Waals surface area (Å²) in [6.07, 6.45) is 1.17. The number of nitrogens with one attached hydrogen (secondary N) is 1. The fourth-order valence-electron chi connectivity index (χ4n) is 3.51. The Bertz CT molecular complexity index is 711. The summed E-state index contributed by atoms with van der Waals surface area (Å²) in [5.41, 5.74) is 2.24. The Labute approximate surface area is 140 Å². The van der Waals surface area contributed by atoms with E-state index in [-0.39, 0.29) is 11.6 Å². The fraction of sp³-hybridized carbons (Fsp3) is 0.412. The molecule has 2 aromatic rings. The van der Waals surface area contributed by atoms with Crippen LogP contribution in [0.25, 0.3) is 0 Å². The summed E-state index contributed by atoms with van der Waals surface area (Å²) in [5, 5.41) is 11.9. The zero-order valence-corrected chi connectivity index (χ0v) is 13.8. The van der Waals surface area contributed by atoms with Gasteiger partial charge in [-0.25, -0.2) is 0 Å². The normalized spacial score (nSPS) is 25.7. The van der Waals surface area contributed by atoms with Gasteiger partial charge in [-0.3, -0.25) is 0 Å². The number of hydrogen-bond acceptors (Lipinski definition) is 5. The zero-order chi connectivity index (χ0) is 15.9. The number of ether oxygens (including phenoxy) is 1. The van der Waals surface area contributed by atoms with Gasteiger partial charge in [0, 0.05) is 19.2 Å². The van der Waals surface area contributed by atoms with Crippen LogP contribution in [0.4, 0.5) is 11.5 Å². The highest BCUT2D eigenvalue weighted by atomic mass is 35.5. The van der Waals surface area contributed by atoms with Gasteiger partial charge >= 0.3 is 0 Å². The van der Waals surface area contributed by atoms with E-state index in [0.717, 1.165) is 31.0 Å². The highest BCUT2D eigenvalue weighted by Crippen LogP contribution is 2.42. The molecule has 5 nitrogen and oxygen atoms in total. The molecule has 2 unspecified atom stereocenters. The lowest BCUT2D eigenvalue weighted by atomic mass is 9.96. The van der Waals surface area contributed by atoms with E-state index in [4.69, 9.17) is 16.3 Å². The first-order chi connectivity index (χ1) is 11.1. The molecule has 0 amide bonds. The molecular weight excluding hydrogens is 312 g/mol. The van der Waals surface area contributed by atoms with Crippen LogP contribution in [-0.2, 0) is 11.3 Å². The van der Waals surface area contributed by atoms with Gasteiger partial charge in [0.2, 0.25) is 0 Å². The molecule has 0 spiro atoms. The molecule has 23 heavy (non-hydrogen) atoms. The van der Waals surface area contributed by atoms with Crippen molar-refractivity contribution in [1.82, 2.24) is 10.2 Å². The van der Waals surface area contributed by atoms with E-state index < -0.39 is 0 Å². The summed E-state index contributed by atoms with van der Waals surface area (Å²) in [6.45, 7) is 4.58. The molecule has 2 aliphatic heterocycles. The third-order valence-electron chi connectivity index (χ3n) is 4.71. The maximum atomic E-state index is 6.15. The molecule has 1 aromatic heterocycles. The predicted octanol–water partition coefficient (Wildman–Crippen LogP) is 3.11. The molecule has 0 aliphatic carbocycles. The maximum Gasteiger partial charge on any atom is 0.172 e. The van der Waals surface area contributed by atoms with Gasteiger partial charge in [-0.05, 0) is 18.9 Å². The van der Waals surface area contributed by atoms with Crippen molar-refractivity contribution in [3.63, 3.8) is 0 Å². The number of fused-ring (bicyclic) bond motifs is 3. The number of aromatic nitrogens is 2. The first kappa shape index (κ1) is 14.7. The molecule has 3 heterocycles. The first-order valence-corrected chi connectivity index (χ1v) is 8.22. The Kier molecular flexibility index (Phi) is 3.62. The van der Waals surface area contributed by atoms with E-state index in [1.165, 1.54) is 5.56 Å². The lowest BCUT2D eigenvalue weighted by Crippen LogP contribution is -2.50. The summed E-state index contributed by atoms with van der Waals surface area (Å²) in [7, 11) is 0. The highest BCUT2D eigenvalue weighted by molar-refractivity contribution is 6.29. The molecule has 6 heteroatoms. The van der Waals surface area contributed by atoms with E-state index >= 15 is 0 Å². The van der Waals surface area contributed by atoms with Crippen molar-refractivity contribution < 1.29 is 4.74 Å². The van der Waals surface area contributed by atoms with Crippen LogP contribution < -0.4 is 10.2 Å². The summed E-state index contributed by atoms with van der Waals surface area (Å²) in [5.74, 6) is 0.801. The number of benzene rings is 1. The topological polar surface area (TPSA) is 50.3 Å². The van der Waals surface area contributed by atoms with E-state index in [1.807, 2.05) is 24.3 Å². The largest absolute Gasteiger partial charge is 0.372 e. The second-order valence-corrected chi connectivity index (χ2v) is 6.87. The fourth-order valence-corrected chi connectivity index (χ4v) is 3.65. The molecule has 4 rings (SSSR count). The van der Waals surface area contributed by atoms with Crippen LogP contribution in [0, 0.1) is 0 Å². The third-order valence-corrected chi connectivity index (χ3v) is 4.89. The zero-order valence-electron chi connectivity index (χ0n) is 13.0. The summed E-state index contributed by atoms with van der Waals surface area (Å²) < 4.78 is 6.15. The van der Waals surface area contributed by atoms with Crippen molar-refractivity contribution in [2.24, 2.45) is 0 Å². The molecule has 2 atom stereocenters. The summed E-state index contributed by atoms with van der Waals surface area (Å²) >= 11 is 6.03. The monoisotopic (exact) mass is 330 g/mol. The molecule has 0 radical (unpaired) electrons. The third kappa shape index (κ3) is 2.75. The number of anilines is 2. The van der Waals surface area contributed by atoms with Crippen LogP contribution in [0.1, 0.15) is 18.9 Å².